The average Bonchev–Trinajstić information content (AvgIpc) is 2.48. The number of fused-ring (bicyclic) bond motifs is 1. The van der Waals surface area contributed by atoms with Crippen LogP contribution in [0.4, 0.5) is 0 Å². The number of rotatable bonds is 1. The SMILES string of the molecule is CC1(C(=O)O)N(O)C2CCCCCC2=[N+]1[O-]. The first-order valence-electron chi connectivity index (χ1n) is 5.54. The van der Waals surface area contributed by atoms with Gasteiger partial charge in [0.15, 0.2) is 5.71 Å². The van der Waals surface area contributed by atoms with E-state index in [1.54, 1.807) is 0 Å². The Kier molecular flexibility index (Phi) is 2.63. The van der Waals surface area contributed by atoms with E-state index in [0.29, 0.717) is 28.4 Å². The molecule has 6 nitrogen and oxygen atoms in total. The van der Waals surface area contributed by atoms with Crippen molar-refractivity contribution in [3.63, 3.8) is 0 Å². The monoisotopic (exact) mass is 228 g/mol. The molecule has 2 N–H and O–H groups in total. The molecule has 0 aromatic rings. The van der Waals surface area contributed by atoms with Crippen molar-refractivity contribution in [1.82, 2.24) is 5.06 Å². The van der Waals surface area contributed by atoms with Gasteiger partial charge in [0.2, 0.25) is 0 Å². The number of hydrogen-bond acceptors (Lipinski definition) is 4. The zero-order chi connectivity index (χ0) is 11.9. The highest BCUT2D eigenvalue weighted by Gasteiger charge is 2.59. The Hall–Kier alpha value is -1.14. The minimum atomic E-state index is -1.86. The van der Waals surface area contributed by atoms with E-state index in [2.05, 4.69) is 0 Å². The van der Waals surface area contributed by atoms with Gasteiger partial charge in [-0.15, -0.1) is 5.06 Å². The highest BCUT2D eigenvalue weighted by atomic mass is 16.6. The van der Waals surface area contributed by atoms with Crippen molar-refractivity contribution in [1.29, 1.82) is 0 Å². The molecule has 1 fully saturated rings. The molecule has 2 atom stereocenters. The van der Waals surface area contributed by atoms with Gasteiger partial charge in [-0.3, -0.25) is 0 Å². The fourth-order valence-electron chi connectivity index (χ4n) is 2.52. The minimum Gasteiger partial charge on any atom is -0.622 e. The first-order valence-corrected chi connectivity index (χ1v) is 5.54. The van der Waals surface area contributed by atoms with E-state index < -0.39 is 17.7 Å². The minimum absolute atomic E-state index is 0.430. The fraction of sp³-hybridized carbons (Fsp3) is 0.800. The summed E-state index contributed by atoms with van der Waals surface area (Å²) in [5, 5.41) is 31.6. The van der Waals surface area contributed by atoms with Crippen LogP contribution < -0.4 is 0 Å². The van der Waals surface area contributed by atoms with E-state index in [1.807, 2.05) is 0 Å². The van der Waals surface area contributed by atoms with Crippen molar-refractivity contribution in [3.8, 4) is 0 Å². The molecule has 2 aliphatic rings. The zero-order valence-electron chi connectivity index (χ0n) is 9.22. The van der Waals surface area contributed by atoms with Crippen LogP contribution in [0.2, 0.25) is 0 Å². The molecule has 0 saturated heterocycles. The summed E-state index contributed by atoms with van der Waals surface area (Å²) in [5.41, 5.74) is -1.36. The predicted molar refractivity (Wildman–Crippen MR) is 55.2 cm³/mol. The fourth-order valence-corrected chi connectivity index (χ4v) is 2.52. The molecule has 0 radical (unpaired) electrons. The summed E-state index contributed by atoms with van der Waals surface area (Å²) < 4.78 is 0.478. The number of carboxylic acids is 1. The summed E-state index contributed by atoms with van der Waals surface area (Å²) >= 11 is 0. The molecule has 1 heterocycles. The molecule has 0 amide bonds. The summed E-state index contributed by atoms with van der Waals surface area (Å²) in [6.45, 7) is 1.24. The Morgan fingerprint density at radius 3 is 2.88 bits per heavy atom. The molecule has 2 rings (SSSR count). The molecule has 0 aromatic carbocycles. The van der Waals surface area contributed by atoms with Crippen LogP contribution in [0, 0.1) is 5.21 Å². The number of nitrogens with zero attached hydrogens (tertiary/aromatic N) is 2. The van der Waals surface area contributed by atoms with Crippen LogP contribution in [0.1, 0.15) is 39.0 Å². The molecule has 0 spiro atoms. The van der Waals surface area contributed by atoms with Crippen molar-refractivity contribution < 1.29 is 19.8 Å². The summed E-state index contributed by atoms with van der Waals surface area (Å²) in [6.07, 6.45) is 4.04. The van der Waals surface area contributed by atoms with Gasteiger partial charge in [-0.2, -0.15) is 4.74 Å². The molecule has 0 bridgehead atoms. The maximum atomic E-state index is 12.0. The first kappa shape index (κ1) is 11.3. The molecule has 1 saturated carbocycles. The Bertz CT molecular complexity index is 355. The largest absolute Gasteiger partial charge is 0.622 e. The van der Waals surface area contributed by atoms with Crippen molar-refractivity contribution >= 4 is 11.7 Å². The third-order valence-corrected chi connectivity index (χ3v) is 3.60. The maximum absolute atomic E-state index is 12.0. The quantitative estimate of drug-likeness (QED) is 0.511. The number of carboxylic acid groups (broad SMARTS) is 1. The number of hydroxylamine groups is 3. The summed E-state index contributed by atoms with van der Waals surface area (Å²) in [7, 11) is 0. The molecule has 90 valence electrons. The Balaban J connectivity index is 2.43. The molecular weight excluding hydrogens is 212 g/mol. The second-order valence-corrected chi connectivity index (χ2v) is 4.57. The van der Waals surface area contributed by atoms with Gasteiger partial charge >= 0.3 is 11.6 Å². The van der Waals surface area contributed by atoms with E-state index in [-0.39, 0.29) is 0 Å². The van der Waals surface area contributed by atoms with Gasteiger partial charge in [0.05, 0.1) is 0 Å². The van der Waals surface area contributed by atoms with Crippen LogP contribution in [0.15, 0.2) is 0 Å². The standard InChI is InChI=1S/C10H16N2O4/c1-10(9(13)14)11(15)7-5-3-2-4-6-8(7)12(10)16/h7,15H,2-6H2,1H3,(H,13,14). The topological polar surface area (TPSA) is 86.8 Å². The lowest BCUT2D eigenvalue weighted by atomic mass is 10.1. The van der Waals surface area contributed by atoms with E-state index in [0.717, 1.165) is 19.3 Å². The third kappa shape index (κ3) is 1.33. The summed E-state index contributed by atoms with van der Waals surface area (Å²) in [5.74, 6) is -1.31. The molecule has 1 aliphatic heterocycles. The van der Waals surface area contributed by atoms with Gasteiger partial charge in [-0.05, 0) is 12.8 Å². The van der Waals surface area contributed by atoms with Gasteiger partial charge in [0.25, 0.3) is 0 Å². The summed E-state index contributed by atoms with van der Waals surface area (Å²) in [4.78, 5) is 11.1. The van der Waals surface area contributed by atoms with Gasteiger partial charge in [0, 0.05) is 13.3 Å². The predicted octanol–water partition coefficient (Wildman–Crippen LogP) is 0.776. The molecule has 1 aliphatic carbocycles. The average molecular weight is 228 g/mol. The van der Waals surface area contributed by atoms with Gasteiger partial charge in [-0.25, -0.2) is 4.79 Å². The van der Waals surface area contributed by atoms with Crippen molar-refractivity contribution in [2.24, 2.45) is 0 Å². The molecular formula is C10H16N2O4. The second kappa shape index (κ2) is 3.71. The lowest BCUT2D eigenvalue weighted by Crippen LogP contribution is -2.54. The number of carbonyl (C=O) groups is 1. The highest BCUT2D eigenvalue weighted by molar-refractivity contribution is 5.90. The van der Waals surface area contributed by atoms with E-state index in [9.17, 15) is 15.2 Å². The Labute approximate surface area is 93.3 Å². The van der Waals surface area contributed by atoms with Gasteiger partial charge < -0.3 is 15.5 Å². The lowest BCUT2D eigenvalue weighted by molar-refractivity contribution is -0.568. The summed E-state index contributed by atoms with van der Waals surface area (Å²) in [6, 6.07) is -0.430. The highest BCUT2D eigenvalue weighted by Crippen LogP contribution is 2.32. The smallest absolute Gasteiger partial charge is 0.396 e. The Morgan fingerprint density at radius 2 is 2.25 bits per heavy atom. The van der Waals surface area contributed by atoms with Gasteiger partial charge in [-0.1, -0.05) is 12.8 Å². The lowest BCUT2D eigenvalue weighted by Gasteiger charge is -2.25. The van der Waals surface area contributed by atoms with Crippen LogP contribution in [0.3, 0.4) is 0 Å². The number of aliphatic carboxylic acids is 1. The van der Waals surface area contributed by atoms with E-state index >= 15 is 0 Å². The van der Waals surface area contributed by atoms with E-state index in [1.165, 1.54) is 6.92 Å². The van der Waals surface area contributed by atoms with E-state index in [4.69, 9.17) is 5.11 Å². The normalized spacial score (nSPS) is 36.0. The van der Waals surface area contributed by atoms with Crippen LogP contribution in [0.25, 0.3) is 0 Å². The Morgan fingerprint density at radius 1 is 1.56 bits per heavy atom. The van der Waals surface area contributed by atoms with Crippen molar-refractivity contribution in [2.45, 2.75) is 50.7 Å². The number of hydrogen-bond donors (Lipinski definition) is 2. The second-order valence-electron chi connectivity index (χ2n) is 4.57. The third-order valence-electron chi connectivity index (χ3n) is 3.60. The van der Waals surface area contributed by atoms with Crippen molar-refractivity contribution in [3.05, 3.63) is 5.21 Å². The van der Waals surface area contributed by atoms with Crippen LogP contribution in [-0.2, 0) is 4.79 Å². The van der Waals surface area contributed by atoms with Gasteiger partial charge in [0.1, 0.15) is 6.04 Å². The molecule has 0 aromatic heterocycles. The molecule has 6 heteroatoms. The molecule has 16 heavy (non-hydrogen) atoms. The zero-order valence-corrected chi connectivity index (χ0v) is 9.22. The maximum Gasteiger partial charge on any atom is 0.396 e. The van der Waals surface area contributed by atoms with Crippen molar-refractivity contribution in [2.75, 3.05) is 0 Å². The van der Waals surface area contributed by atoms with Crippen LogP contribution in [0.5, 0.6) is 0 Å². The van der Waals surface area contributed by atoms with Crippen LogP contribution >= 0.6 is 0 Å². The molecule has 2 unspecified atom stereocenters. The first-order chi connectivity index (χ1) is 7.49. The van der Waals surface area contributed by atoms with Crippen LogP contribution in [-0.4, -0.2) is 43.5 Å².